The monoisotopic (exact) mass is 261 g/mol. The van der Waals surface area contributed by atoms with Gasteiger partial charge >= 0.3 is 0 Å². The molecular weight excluding hydrogens is 242 g/mol. The van der Waals surface area contributed by atoms with Crippen LogP contribution in [0.25, 0.3) is 0 Å². The Morgan fingerprint density at radius 3 is 2.89 bits per heavy atom. The zero-order valence-corrected chi connectivity index (χ0v) is 11.0. The number of amides is 2. The van der Waals surface area contributed by atoms with Gasteiger partial charge in [-0.05, 0) is 25.0 Å². The van der Waals surface area contributed by atoms with E-state index in [0.29, 0.717) is 13.0 Å². The van der Waals surface area contributed by atoms with E-state index in [1.54, 1.807) is 0 Å². The second-order valence-electron chi connectivity index (χ2n) is 4.91. The smallest absolute Gasteiger partial charge is 0.225 e. The SMILES string of the molecule is CC1Nc2ccccc2CC1C(=O)NCCC(N)=O. The van der Waals surface area contributed by atoms with Crippen molar-refractivity contribution in [3.05, 3.63) is 29.8 Å². The second kappa shape index (κ2) is 5.73. The molecule has 2 atom stereocenters. The molecule has 2 unspecified atom stereocenters. The van der Waals surface area contributed by atoms with E-state index in [2.05, 4.69) is 10.6 Å². The summed E-state index contributed by atoms with van der Waals surface area (Å²) in [6, 6.07) is 8.07. The van der Waals surface area contributed by atoms with Crippen LogP contribution in [-0.2, 0) is 16.0 Å². The van der Waals surface area contributed by atoms with Gasteiger partial charge in [0.25, 0.3) is 0 Å². The molecule has 1 aliphatic heterocycles. The predicted octanol–water partition coefficient (Wildman–Crippen LogP) is 0.651. The normalized spacial score (nSPS) is 21.1. The minimum Gasteiger partial charge on any atom is -0.382 e. The first kappa shape index (κ1) is 13.4. The molecule has 0 spiro atoms. The number of rotatable bonds is 4. The van der Waals surface area contributed by atoms with Gasteiger partial charge in [-0.2, -0.15) is 0 Å². The lowest BCUT2D eigenvalue weighted by Gasteiger charge is -2.31. The molecule has 1 aliphatic rings. The molecule has 1 aromatic rings. The number of benzene rings is 1. The number of nitrogens with two attached hydrogens (primary N) is 1. The average molecular weight is 261 g/mol. The van der Waals surface area contributed by atoms with E-state index in [1.165, 1.54) is 0 Å². The highest BCUT2D eigenvalue weighted by atomic mass is 16.2. The minimum absolute atomic E-state index is 0.0317. The van der Waals surface area contributed by atoms with Crippen molar-refractivity contribution < 1.29 is 9.59 Å². The van der Waals surface area contributed by atoms with E-state index in [-0.39, 0.29) is 24.3 Å². The van der Waals surface area contributed by atoms with Crippen molar-refractivity contribution in [3.8, 4) is 0 Å². The lowest BCUT2D eigenvalue weighted by Crippen LogP contribution is -2.44. The summed E-state index contributed by atoms with van der Waals surface area (Å²) in [5.74, 6) is -0.556. The molecule has 0 saturated heterocycles. The van der Waals surface area contributed by atoms with Crippen LogP contribution >= 0.6 is 0 Å². The topological polar surface area (TPSA) is 84.2 Å². The van der Waals surface area contributed by atoms with Crippen LogP contribution in [0, 0.1) is 5.92 Å². The van der Waals surface area contributed by atoms with Crippen molar-refractivity contribution in [1.82, 2.24) is 5.32 Å². The number of hydrogen-bond donors (Lipinski definition) is 3. The van der Waals surface area contributed by atoms with Crippen molar-refractivity contribution in [3.63, 3.8) is 0 Å². The molecule has 4 N–H and O–H groups in total. The fourth-order valence-corrected chi connectivity index (χ4v) is 2.36. The lowest BCUT2D eigenvalue weighted by atomic mass is 9.87. The van der Waals surface area contributed by atoms with E-state index in [9.17, 15) is 9.59 Å². The Balaban J connectivity index is 1.98. The van der Waals surface area contributed by atoms with Gasteiger partial charge in [-0.1, -0.05) is 18.2 Å². The van der Waals surface area contributed by atoms with Crippen LogP contribution in [0.15, 0.2) is 24.3 Å². The number of fused-ring (bicyclic) bond motifs is 1. The van der Waals surface area contributed by atoms with E-state index >= 15 is 0 Å². The van der Waals surface area contributed by atoms with Gasteiger partial charge in [0.2, 0.25) is 11.8 Å². The number of carbonyl (C=O) groups excluding carboxylic acids is 2. The Kier molecular flexibility index (Phi) is 4.04. The lowest BCUT2D eigenvalue weighted by molar-refractivity contribution is -0.125. The first-order chi connectivity index (χ1) is 9.08. The zero-order chi connectivity index (χ0) is 13.8. The maximum atomic E-state index is 12.1. The summed E-state index contributed by atoms with van der Waals surface area (Å²) in [6.07, 6.45) is 0.892. The third kappa shape index (κ3) is 3.24. The fraction of sp³-hybridized carbons (Fsp3) is 0.429. The average Bonchev–Trinajstić information content (AvgIpc) is 2.37. The first-order valence-corrected chi connectivity index (χ1v) is 6.48. The van der Waals surface area contributed by atoms with Crippen LogP contribution in [0.1, 0.15) is 18.9 Å². The quantitative estimate of drug-likeness (QED) is 0.744. The maximum absolute atomic E-state index is 12.1. The van der Waals surface area contributed by atoms with Crippen molar-refractivity contribution >= 4 is 17.5 Å². The van der Waals surface area contributed by atoms with Gasteiger partial charge in [-0.25, -0.2) is 0 Å². The van der Waals surface area contributed by atoms with Crippen LogP contribution in [-0.4, -0.2) is 24.4 Å². The third-order valence-electron chi connectivity index (χ3n) is 3.45. The molecule has 0 radical (unpaired) electrons. The van der Waals surface area contributed by atoms with Crippen molar-refractivity contribution in [2.45, 2.75) is 25.8 Å². The van der Waals surface area contributed by atoms with Gasteiger partial charge in [-0.3, -0.25) is 9.59 Å². The minimum atomic E-state index is -0.402. The van der Waals surface area contributed by atoms with Crippen molar-refractivity contribution in [2.75, 3.05) is 11.9 Å². The van der Waals surface area contributed by atoms with Crippen molar-refractivity contribution in [1.29, 1.82) is 0 Å². The predicted molar refractivity (Wildman–Crippen MR) is 73.5 cm³/mol. The molecule has 5 nitrogen and oxygen atoms in total. The molecule has 0 aromatic heterocycles. The summed E-state index contributed by atoms with van der Waals surface area (Å²) in [5, 5.41) is 6.10. The van der Waals surface area contributed by atoms with Crippen LogP contribution in [0.3, 0.4) is 0 Å². The molecule has 102 valence electrons. The summed E-state index contributed by atoms with van der Waals surface area (Å²) in [6.45, 7) is 2.30. The molecule has 5 heteroatoms. The highest BCUT2D eigenvalue weighted by Gasteiger charge is 2.29. The Labute approximate surface area is 112 Å². The van der Waals surface area contributed by atoms with Crippen LogP contribution in [0.2, 0.25) is 0 Å². The summed E-state index contributed by atoms with van der Waals surface area (Å²) in [5.41, 5.74) is 7.29. The number of nitrogens with one attached hydrogen (secondary N) is 2. The molecule has 0 bridgehead atoms. The number of hydrogen-bond acceptors (Lipinski definition) is 3. The van der Waals surface area contributed by atoms with Gasteiger partial charge in [0.15, 0.2) is 0 Å². The van der Waals surface area contributed by atoms with E-state index in [4.69, 9.17) is 5.73 Å². The number of anilines is 1. The molecule has 0 saturated carbocycles. The van der Waals surface area contributed by atoms with Crippen LogP contribution < -0.4 is 16.4 Å². The van der Waals surface area contributed by atoms with Crippen molar-refractivity contribution in [2.24, 2.45) is 11.7 Å². The molecule has 2 amide bonds. The van der Waals surface area contributed by atoms with Gasteiger partial charge < -0.3 is 16.4 Å². The Hall–Kier alpha value is -2.04. The van der Waals surface area contributed by atoms with Gasteiger partial charge in [-0.15, -0.1) is 0 Å². The molecular formula is C14H19N3O2. The molecule has 0 fully saturated rings. The summed E-state index contributed by atoms with van der Waals surface area (Å²) >= 11 is 0. The standard InChI is InChI=1S/C14H19N3O2/c1-9-11(14(19)16-7-6-13(15)18)8-10-4-2-3-5-12(10)17-9/h2-5,9,11,17H,6-8H2,1H3,(H2,15,18)(H,16,19). The van der Waals surface area contributed by atoms with Crippen LogP contribution in [0.5, 0.6) is 0 Å². The second-order valence-corrected chi connectivity index (χ2v) is 4.91. The van der Waals surface area contributed by atoms with Crippen LogP contribution in [0.4, 0.5) is 5.69 Å². The number of para-hydroxylation sites is 1. The van der Waals surface area contributed by atoms with Gasteiger partial charge in [0, 0.05) is 24.7 Å². The summed E-state index contributed by atoms with van der Waals surface area (Å²) < 4.78 is 0. The maximum Gasteiger partial charge on any atom is 0.225 e. The third-order valence-corrected chi connectivity index (χ3v) is 3.45. The highest BCUT2D eigenvalue weighted by Crippen LogP contribution is 2.28. The summed E-state index contributed by atoms with van der Waals surface area (Å²) in [4.78, 5) is 22.7. The largest absolute Gasteiger partial charge is 0.382 e. The van der Waals surface area contributed by atoms with E-state index in [1.807, 2.05) is 31.2 Å². The highest BCUT2D eigenvalue weighted by molar-refractivity contribution is 5.82. The number of carbonyl (C=O) groups is 2. The number of primary amides is 1. The van der Waals surface area contributed by atoms with Gasteiger partial charge in [0.05, 0.1) is 5.92 Å². The molecule has 1 heterocycles. The fourth-order valence-electron chi connectivity index (χ4n) is 2.36. The van der Waals surface area contributed by atoms with E-state index in [0.717, 1.165) is 11.3 Å². The molecule has 19 heavy (non-hydrogen) atoms. The first-order valence-electron chi connectivity index (χ1n) is 6.48. The summed E-state index contributed by atoms with van der Waals surface area (Å²) in [7, 11) is 0. The molecule has 2 rings (SSSR count). The van der Waals surface area contributed by atoms with E-state index < -0.39 is 5.91 Å². The zero-order valence-electron chi connectivity index (χ0n) is 11.0. The Morgan fingerprint density at radius 1 is 1.42 bits per heavy atom. The molecule has 0 aliphatic carbocycles. The molecule has 1 aromatic carbocycles. The van der Waals surface area contributed by atoms with Gasteiger partial charge in [0.1, 0.15) is 0 Å². The Bertz CT molecular complexity index is 487. The Morgan fingerprint density at radius 2 is 2.16 bits per heavy atom.